The van der Waals surface area contributed by atoms with Crippen molar-refractivity contribution in [1.29, 1.82) is 5.26 Å². The van der Waals surface area contributed by atoms with Crippen LogP contribution < -0.4 is 0 Å². The van der Waals surface area contributed by atoms with E-state index in [2.05, 4.69) is 28.5 Å². The number of nitrogens with zero attached hydrogens (tertiary/aromatic N) is 3. The summed E-state index contributed by atoms with van der Waals surface area (Å²) >= 11 is 1.74. The van der Waals surface area contributed by atoms with Crippen molar-refractivity contribution in [2.24, 2.45) is 0 Å². The van der Waals surface area contributed by atoms with Gasteiger partial charge < -0.3 is 4.90 Å². The molecule has 0 aliphatic heterocycles. The molecule has 1 amide bonds. The van der Waals surface area contributed by atoms with Crippen molar-refractivity contribution in [3.63, 3.8) is 0 Å². The zero-order valence-corrected chi connectivity index (χ0v) is 14.6. The Morgan fingerprint density at radius 3 is 2.70 bits per heavy atom. The monoisotopic (exact) mass is 331 g/mol. The van der Waals surface area contributed by atoms with Crippen LogP contribution in [0.5, 0.6) is 0 Å². The molecule has 2 aliphatic rings. The number of hydrogen-bond acceptors (Lipinski definition) is 4. The summed E-state index contributed by atoms with van der Waals surface area (Å²) in [6.07, 6.45) is 7.29. The molecule has 5 heteroatoms. The van der Waals surface area contributed by atoms with E-state index in [0.717, 1.165) is 32.2 Å². The highest BCUT2D eigenvalue weighted by molar-refractivity contribution is 7.09. The van der Waals surface area contributed by atoms with Gasteiger partial charge in [-0.05, 0) is 37.1 Å². The van der Waals surface area contributed by atoms with Gasteiger partial charge in [-0.3, -0.25) is 9.69 Å². The third-order valence-corrected chi connectivity index (χ3v) is 6.11. The van der Waals surface area contributed by atoms with Crippen molar-refractivity contribution in [1.82, 2.24) is 9.80 Å². The zero-order chi connectivity index (χ0) is 16.3. The van der Waals surface area contributed by atoms with Gasteiger partial charge in [0.15, 0.2) is 0 Å². The lowest BCUT2D eigenvalue weighted by Crippen LogP contribution is -2.52. The Balaban J connectivity index is 1.65. The van der Waals surface area contributed by atoms with E-state index in [4.69, 9.17) is 0 Å². The lowest BCUT2D eigenvalue weighted by molar-refractivity contribution is -0.136. The second kappa shape index (κ2) is 7.02. The third-order valence-electron chi connectivity index (χ3n) is 5.25. The van der Waals surface area contributed by atoms with Gasteiger partial charge in [-0.1, -0.05) is 25.3 Å². The van der Waals surface area contributed by atoms with Gasteiger partial charge in [-0.2, -0.15) is 5.26 Å². The van der Waals surface area contributed by atoms with Gasteiger partial charge in [0.25, 0.3) is 0 Å². The maximum absolute atomic E-state index is 12.8. The molecule has 2 fully saturated rings. The van der Waals surface area contributed by atoms with Gasteiger partial charge in [0.2, 0.25) is 5.91 Å². The smallest absolute Gasteiger partial charge is 0.237 e. The summed E-state index contributed by atoms with van der Waals surface area (Å²) in [6.45, 7) is 1.28. The number of carbonyl (C=O) groups excluding carboxylic acids is 1. The maximum atomic E-state index is 12.8. The van der Waals surface area contributed by atoms with Crippen molar-refractivity contribution >= 4 is 17.2 Å². The van der Waals surface area contributed by atoms with Crippen molar-refractivity contribution in [3.8, 4) is 6.07 Å². The fourth-order valence-corrected chi connectivity index (χ4v) is 4.26. The topological polar surface area (TPSA) is 47.3 Å². The molecule has 0 unspecified atom stereocenters. The van der Waals surface area contributed by atoms with Gasteiger partial charge in [-0.15, -0.1) is 11.3 Å². The van der Waals surface area contributed by atoms with E-state index in [-0.39, 0.29) is 5.91 Å². The molecule has 0 spiro atoms. The van der Waals surface area contributed by atoms with Gasteiger partial charge >= 0.3 is 0 Å². The van der Waals surface area contributed by atoms with Crippen molar-refractivity contribution in [3.05, 3.63) is 22.4 Å². The normalized spacial score (nSPS) is 20.2. The van der Waals surface area contributed by atoms with Crippen LogP contribution >= 0.6 is 11.3 Å². The number of likely N-dealkylation sites (N-methyl/N-ethyl adjacent to an activating group) is 1. The molecule has 0 N–H and O–H groups in total. The second-order valence-electron chi connectivity index (χ2n) is 6.87. The Kier molecular flexibility index (Phi) is 5.03. The lowest BCUT2D eigenvalue weighted by Gasteiger charge is -2.39. The van der Waals surface area contributed by atoms with Crippen molar-refractivity contribution in [2.45, 2.75) is 63.1 Å². The summed E-state index contributed by atoms with van der Waals surface area (Å²) < 4.78 is 0. The summed E-state index contributed by atoms with van der Waals surface area (Å²) in [6, 6.07) is 7.18. The highest BCUT2D eigenvalue weighted by Crippen LogP contribution is 2.33. The molecular weight excluding hydrogens is 306 g/mol. The van der Waals surface area contributed by atoms with Crippen LogP contribution in [0, 0.1) is 11.3 Å². The first kappa shape index (κ1) is 16.5. The van der Waals surface area contributed by atoms with E-state index in [1.54, 1.807) is 16.2 Å². The largest absolute Gasteiger partial charge is 0.326 e. The number of carbonyl (C=O) groups is 1. The average Bonchev–Trinajstić information content (AvgIpc) is 3.31. The summed E-state index contributed by atoms with van der Waals surface area (Å²) in [5.41, 5.74) is -0.576. The first-order valence-electron chi connectivity index (χ1n) is 8.59. The molecule has 124 valence electrons. The van der Waals surface area contributed by atoms with Crippen molar-refractivity contribution < 1.29 is 4.79 Å². The second-order valence-corrected chi connectivity index (χ2v) is 7.90. The van der Waals surface area contributed by atoms with E-state index in [9.17, 15) is 10.1 Å². The van der Waals surface area contributed by atoms with E-state index in [1.165, 1.54) is 24.1 Å². The van der Waals surface area contributed by atoms with Crippen LogP contribution in [-0.4, -0.2) is 40.9 Å². The summed E-state index contributed by atoms with van der Waals surface area (Å²) in [5, 5.41) is 11.8. The number of thiophene rings is 1. The lowest BCUT2D eigenvalue weighted by atomic mass is 9.81. The molecule has 0 radical (unpaired) electrons. The fourth-order valence-electron chi connectivity index (χ4n) is 3.53. The third kappa shape index (κ3) is 3.76. The molecule has 0 saturated heterocycles. The first-order valence-corrected chi connectivity index (χ1v) is 9.47. The zero-order valence-electron chi connectivity index (χ0n) is 13.8. The van der Waals surface area contributed by atoms with Crippen LogP contribution in [-0.2, 0) is 11.3 Å². The van der Waals surface area contributed by atoms with Crippen LogP contribution in [0.3, 0.4) is 0 Å². The highest BCUT2D eigenvalue weighted by Gasteiger charge is 2.40. The Morgan fingerprint density at radius 1 is 1.39 bits per heavy atom. The molecular formula is C18H25N3OS. The van der Waals surface area contributed by atoms with Crippen LogP contribution in [0.4, 0.5) is 0 Å². The van der Waals surface area contributed by atoms with Gasteiger partial charge in [-0.25, -0.2) is 0 Å². The van der Waals surface area contributed by atoms with Gasteiger partial charge in [0.05, 0.1) is 12.6 Å². The molecule has 0 bridgehead atoms. The molecule has 0 aromatic carbocycles. The van der Waals surface area contributed by atoms with Crippen LogP contribution in [0.15, 0.2) is 17.5 Å². The molecule has 23 heavy (non-hydrogen) atoms. The molecule has 0 atom stereocenters. The van der Waals surface area contributed by atoms with E-state index in [1.807, 2.05) is 7.05 Å². The minimum atomic E-state index is -0.576. The SMILES string of the molecule is CN(C(=O)CN(Cc1cccs1)C1CC1)C1(C#N)CCCCC1. The number of amides is 1. The number of nitriles is 1. The average molecular weight is 331 g/mol. The van der Waals surface area contributed by atoms with Crippen molar-refractivity contribution in [2.75, 3.05) is 13.6 Å². The van der Waals surface area contributed by atoms with E-state index >= 15 is 0 Å². The van der Waals surface area contributed by atoms with Crippen LogP contribution in [0.25, 0.3) is 0 Å². The predicted octanol–water partition coefficient (Wildman–Crippen LogP) is 3.40. The Bertz CT molecular complexity index is 568. The quantitative estimate of drug-likeness (QED) is 0.802. The van der Waals surface area contributed by atoms with E-state index < -0.39 is 5.54 Å². The first-order chi connectivity index (χ1) is 11.1. The minimum absolute atomic E-state index is 0.0944. The number of hydrogen-bond donors (Lipinski definition) is 0. The predicted molar refractivity (Wildman–Crippen MR) is 92.0 cm³/mol. The molecule has 1 aromatic rings. The molecule has 3 rings (SSSR count). The summed E-state index contributed by atoms with van der Waals surface area (Å²) in [4.78, 5) is 18.2. The Hall–Kier alpha value is -1.38. The minimum Gasteiger partial charge on any atom is -0.326 e. The Morgan fingerprint density at radius 2 is 2.13 bits per heavy atom. The molecule has 2 aliphatic carbocycles. The summed E-state index contributed by atoms with van der Waals surface area (Å²) in [7, 11) is 1.83. The maximum Gasteiger partial charge on any atom is 0.237 e. The highest BCUT2D eigenvalue weighted by atomic mass is 32.1. The van der Waals surface area contributed by atoms with E-state index in [0.29, 0.717) is 12.6 Å². The van der Waals surface area contributed by atoms with Gasteiger partial charge in [0.1, 0.15) is 5.54 Å². The molecule has 1 aromatic heterocycles. The number of rotatable bonds is 6. The fraction of sp³-hybridized carbons (Fsp3) is 0.667. The standard InChI is InChI=1S/C18H25N3OS/c1-20(18(14-19)9-3-2-4-10-18)17(22)13-21(15-7-8-15)12-16-6-5-11-23-16/h5-6,11,15H,2-4,7-10,12-13H2,1H3. The molecule has 1 heterocycles. The molecule has 4 nitrogen and oxygen atoms in total. The van der Waals surface area contributed by atoms with Crippen LogP contribution in [0.1, 0.15) is 49.8 Å². The van der Waals surface area contributed by atoms with Gasteiger partial charge in [0, 0.05) is 24.5 Å². The Labute approximate surface area is 142 Å². The van der Waals surface area contributed by atoms with Crippen LogP contribution in [0.2, 0.25) is 0 Å². The summed E-state index contributed by atoms with van der Waals surface area (Å²) in [5.74, 6) is 0.0944. The molecule has 2 saturated carbocycles.